The molecule has 0 atom stereocenters. The predicted octanol–water partition coefficient (Wildman–Crippen LogP) is 3.41. The van der Waals surface area contributed by atoms with Crippen LogP contribution in [-0.4, -0.2) is 17.0 Å². The smallest absolute Gasteiger partial charge is 0.260 e. The molecule has 0 saturated heterocycles. The van der Waals surface area contributed by atoms with Crippen LogP contribution in [-0.2, 0) is 0 Å². The second kappa shape index (κ2) is 5.18. The van der Waals surface area contributed by atoms with Gasteiger partial charge in [-0.25, -0.2) is 4.98 Å². The third-order valence-corrected chi connectivity index (χ3v) is 2.51. The van der Waals surface area contributed by atoms with Gasteiger partial charge in [-0.2, -0.15) is 9.37 Å². The zero-order valence-electron chi connectivity index (χ0n) is 9.87. The van der Waals surface area contributed by atoms with Crippen LogP contribution in [0, 0.1) is 12.7 Å². The molecule has 0 bridgehead atoms. The predicted molar refractivity (Wildman–Crippen MR) is 67.8 cm³/mol. The molecule has 1 heterocycles. The first-order valence-electron chi connectivity index (χ1n) is 5.24. The Balaban J connectivity index is 2.33. The van der Waals surface area contributed by atoms with Crippen molar-refractivity contribution < 1.29 is 9.13 Å². The Morgan fingerprint density at radius 2 is 2.17 bits per heavy atom. The molecule has 1 aromatic heterocycles. The molecule has 1 aromatic carbocycles. The van der Waals surface area contributed by atoms with Crippen molar-refractivity contribution in [3.8, 4) is 11.6 Å². The van der Waals surface area contributed by atoms with Crippen LogP contribution in [0.5, 0.6) is 11.6 Å². The molecule has 0 amide bonds. The molecule has 0 aliphatic rings. The Morgan fingerprint density at radius 3 is 2.83 bits per heavy atom. The summed E-state index contributed by atoms with van der Waals surface area (Å²) in [4.78, 5) is 7.63. The SMILES string of the molecule is CNc1ncc(F)c(Oc2ccc(Cl)cc2C)n1. The molecule has 0 fully saturated rings. The fourth-order valence-corrected chi connectivity index (χ4v) is 1.60. The number of aromatic nitrogens is 2. The molecule has 4 nitrogen and oxygen atoms in total. The van der Waals surface area contributed by atoms with Gasteiger partial charge >= 0.3 is 0 Å². The monoisotopic (exact) mass is 267 g/mol. The summed E-state index contributed by atoms with van der Waals surface area (Å²) in [6.07, 6.45) is 1.05. The topological polar surface area (TPSA) is 47.0 Å². The van der Waals surface area contributed by atoms with Crippen molar-refractivity contribution in [3.05, 3.63) is 40.8 Å². The molecular formula is C12H11ClFN3O. The normalized spacial score (nSPS) is 10.2. The standard InChI is InChI=1S/C12H11ClFN3O/c1-7-5-8(13)3-4-10(7)18-11-9(14)6-16-12(15-2)17-11/h3-6H,1-2H3,(H,15,16,17). The van der Waals surface area contributed by atoms with Crippen LogP contribution >= 0.6 is 11.6 Å². The first kappa shape index (κ1) is 12.6. The third kappa shape index (κ3) is 2.68. The van der Waals surface area contributed by atoms with Crippen LogP contribution < -0.4 is 10.1 Å². The number of nitrogens with one attached hydrogen (secondary N) is 1. The summed E-state index contributed by atoms with van der Waals surface area (Å²) in [5.41, 5.74) is 0.798. The second-order valence-electron chi connectivity index (χ2n) is 3.61. The number of benzene rings is 1. The summed E-state index contributed by atoms with van der Waals surface area (Å²) in [6, 6.07) is 5.06. The Bertz CT molecular complexity index is 577. The number of rotatable bonds is 3. The van der Waals surface area contributed by atoms with Gasteiger partial charge in [0.15, 0.2) is 0 Å². The third-order valence-electron chi connectivity index (χ3n) is 2.28. The molecule has 18 heavy (non-hydrogen) atoms. The number of ether oxygens (including phenoxy) is 1. The maximum Gasteiger partial charge on any atom is 0.260 e. The van der Waals surface area contributed by atoms with Crippen molar-refractivity contribution in [3.63, 3.8) is 0 Å². The summed E-state index contributed by atoms with van der Waals surface area (Å²) < 4.78 is 18.9. The van der Waals surface area contributed by atoms with Gasteiger partial charge in [0.05, 0.1) is 6.20 Å². The highest BCUT2D eigenvalue weighted by Gasteiger charge is 2.10. The van der Waals surface area contributed by atoms with Gasteiger partial charge in [0, 0.05) is 12.1 Å². The van der Waals surface area contributed by atoms with Gasteiger partial charge in [-0.1, -0.05) is 11.6 Å². The Labute approximate surface area is 109 Å². The van der Waals surface area contributed by atoms with Gasteiger partial charge in [0.25, 0.3) is 5.88 Å². The zero-order chi connectivity index (χ0) is 13.1. The van der Waals surface area contributed by atoms with Crippen molar-refractivity contribution >= 4 is 17.5 Å². The number of nitrogens with zero attached hydrogens (tertiary/aromatic N) is 2. The van der Waals surface area contributed by atoms with Crippen LogP contribution in [0.25, 0.3) is 0 Å². The van der Waals surface area contributed by atoms with Gasteiger partial charge in [-0.05, 0) is 30.7 Å². The number of anilines is 1. The van der Waals surface area contributed by atoms with E-state index in [1.54, 1.807) is 25.2 Å². The largest absolute Gasteiger partial charge is 0.436 e. The highest BCUT2D eigenvalue weighted by Crippen LogP contribution is 2.27. The summed E-state index contributed by atoms with van der Waals surface area (Å²) in [5.74, 6) is 0.0418. The molecule has 0 radical (unpaired) electrons. The van der Waals surface area contributed by atoms with Crippen LogP contribution in [0.1, 0.15) is 5.56 Å². The van der Waals surface area contributed by atoms with E-state index in [0.29, 0.717) is 10.8 Å². The van der Waals surface area contributed by atoms with Gasteiger partial charge in [0.1, 0.15) is 5.75 Å². The maximum absolute atomic E-state index is 13.5. The van der Waals surface area contributed by atoms with E-state index in [9.17, 15) is 4.39 Å². The molecule has 6 heteroatoms. The van der Waals surface area contributed by atoms with Crippen molar-refractivity contribution in [2.75, 3.05) is 12.4 Å². The quantitative estimate of drug-likeness (QED) is 0.926. The van der Waals surface area contributed by atoms with E-state index < -0.39 is 5.82 Å². The fourth-order valence-electron chi connectivity index (χ4n) is 1.37. The Kier molecular flexibility index (Phi) is 3.62. The average Bonchev–Trinajstić information content (AvgIpc) is 2.35. The molecule has 94 valence electrons. The molecule has 0 unspecified atom stereocenters. The minimum Gasteiger partial charge on any atom is -0.436 e. The molecule has 0 saturated carbocycles. The lowest BCUT2D eigenvalue weighted by atomic mass is 10.2. The fraction of sp³-hybridized carbons (Fsp3) is 0.167. The van der Waals surface area contributed by atoms with Gasteiger partial charge in [-0.3, -0.25) is 0 Å². The first-order valence-corrected chi connectivity index (χ1v) is 5.62. The van der Waals surface area contributed by atoms with Crippen LogP contribution in [0.15, 0.2) is 24.4 Å². The molecule has 0 aliphatic heterocycles. The molecular weight excluding hydrogens is 257 g/mol. The lowest BCUT2D eigenvalue weighted by molar-refractivity contribution is 0.418. The second-order valence-corrected chi connectivity index (χ2v) is 4.05. The minimum atomic E-state index is -0.622. The van der Waals surface area contributed by atoms with Gasteiger partial charge < -0.3 is 10.1 Å². The van der Waals surface area contributed by atoms with E-state index in [4.69, 9.17) is 16.3 Å². The molecule has 0 spiro atoms. The maximum atomic E-state index is 13.5. The number of hydrogen-bond acceptors (Lipinski definition) is 4. The van der Waals surface area contributed by atoms with E-state index in [1.807, 2.05) is 6.92 Å². The first-order chi connectivity index (χ1) is 8.60. The van der Waals surface area contributed by atoms with E-state index >= 15 is 0 Å². The molecule has 2 rings (SSSR count). The highest BCUT2D eigenvalue weighted by atomic mass is 35.5. The zero-order valence-corrected chi connectivity index (χ0v) is 10.6. The van der Waals surface area contributed by atoms with Gasteiger partial charge in [0.2, 0.25) is 11.8 Å². The van der Waals surface area contributed by atoms with Crippen molar-refractivity contribution in [1.29, 1.82) is 0 Å². The van der Waals surface area contributed by atoms with E-state index in [1.165, 1.54) is 0 Å². The van der Waals surface area contributed by atoms with Crippen LogP contribution in [0.3, 0.4) is 0 Å². The van der Waals surface area contributed by atoms with Gasteiger partial charge in [-0.15, -0.1) is 0 Å². The van der Waals surface area contributed by atoms with Crippen LogP contribution in [0.4, 0.5) is 10.3 Å². The highest BCUT2D eigenvalue weighted by molar-refractivity contribution is 6.30. The number of aryl methyl sites for hydroxylation is 1. The Morgan fingerprint density at radius 1 is 1.39 bits per heavy atom. The molecule has 2 aromatic rings. The average molecular weight is 268 g/mol. The number of halogens is 2. The molecule has 1 N–H and O–H groups in total. The van der Waals surface area contributed by atoms with Crippen molar-refractivity contribution in [2.24, 2.45) is 0 Å². The summed E-state index contributed by atoms with van der Waals surface area (Å²) in [5, 5.41) is 3.31. The number of hydrogen-bond donors (Lipinski definition) is 1. The van der Waals surface area contributed by atoms with E-state index in [-0.39, 0.29) is 11.8 Å². The lowest BCUT2D eigenvalue weighted by Crippen LogP contribution is -2.00. The lowest BCUT2D eigenvalue weighted by Gasteiger charge is -2.09. The molecule has 0 aliphatic carbocycles. The minimum absolute atomic E-state index is 0.125. The van der Waals surface area contributed by atoms with Crippen LogP contribution in [0.2, 0.25) is 5.02 Å². The summed E-state index contributed by atoms with van der Waals surface area (Å²) in [7, 11) is 1.64. The summed E-state index contributed by atoms with van der Waals surface area (Å²) >= 11 is 5.83. The van der Waals surface area contributed by atoms with E-state index in [0.717, 1.165) is 11.8 Å². The summed E-state index contributed by atoms with van der Waals surface area (Å²) in [6.45, 7) is 1.82. The van der Waals surface area contributed by atoms with E-state index in [2.05, 4.69) is 15.3 Å². The van der Waals surface area contributed by atoms with Crippen molar-refractivity contribution in [2.45, 2.75) is 6.92 Å². The Hall–Kier alpha value is -1.88. The van der Waals surface area contributed by atoms with Crippen molar-refractivity contribution in [1.82, 2.24) is 9.97 Å².